The van der Waals surface area contributed by atoms with E-state index in [1.54, 1.807) is 17.0 Å². The molecule has 4 aromatic rings. The number of anilines is 1. The van der Waals surface area contributed by atoms with Crippen molar-refractivity contribution >= 4 is 22.6 Å². The van der Waals surface area contributed by atoms with E-state index in [4.69, 9.17) is 0 Å². The molecule has 3 aromatic heterocycles. The highest BCUT2D eigenvalue weighted by atomic mass is 16.2. The predicted octanol–water partition coefficient (Wildman–Crippen LogP) is 3.77. The molecule has 0 aliphatic heterocycles. The summed E-state index contributed by atoms with van der Waals surface area (Å²) in [5.74, 6) is -0.0886. The number of carbonyl (C=O) groups excluding carboxylic acids is 1. The molecule has 0 saturated carbocycles. The van der Waals surface area contributed by atoms with E-state index in [9.17, 15) is 4.79 Å². The molecule has 0 unspecified atom stereocenters. The molecule has 1 aromatic carbocycles. The van der Waals surface area contributed by atoms with Crippen molar-refractivity contribution in [1.82, 2.24) is 14.1 Å². The number of benzene rings is 1. The molecule has 0 radical (unpaired) electrons. The van der Waals surface area contributed by atoms with Crippen molar-refractivity contribution in [1.29, 1.82) is 0 Å². The maximum atomic E-state index is 13.0. The summed E-state index contributed by atoms with van der Waals surface area (Å²) in [7, 11) is 3.78. The van der Waals surface area contributed by atoms with E-state index in [-0.39, 0.29) is 5.91 Å². The SMILES string of the molecule is CNc1ccc(-c2cc(C(=O)n3ccc4cccnc43)n(C)c2)cc1. The van der Waals surface area contributed by atoms with E-state index in [1.807, 2.05) is 73.4 Å². The number of hydrogen-bond acceptors (Lipinski definition) is 3. The van der Waals surface area contributed by atoms with E-state index in [2.05, 4.69) is 10.3 Å². The van der Waals surface area contributed by atoms with Crippen LogP contribution in [-0.4, -0.2) is 27.1 Å². The van der Waals surface area contributed by atoms with Gasteiger partial charge in [-0.15, -0.1) is 0 Å². The quantitative estimate of drug-likeness (QED) is 0.622. The molecule has 0 aliphatic carbocycles. The largest absolute Gasteiger partial charge is 0.388 e. The molecule has 0 bridgehead atoms. The van der Waals surface area contributed by atoms with Crippen molar-refractivity contribution < 1.29 is 4.79 Å². The number of rotatable bonds is 3. The zero-order valence-corrected chi connectivity index (χ0v) is 14.1. The molecule has 0 amide bonds. The van der Waals surface area contributed by atoms with E-state index in [1.165, 1.54) is 0 Å². The molecular weight excluding hydrogens is 312 g/mol. The number of nitrogens with zero attached hydrogens (tertiary/aromatic N) is 3. The van der Waals surface area contributed by atoms with Crippen LogP contribution in [0.25, 0.3) is 22.2 Å². The lowest BCUT2D eigenvalue weighted by Gasteiger charge is -2.04. The van der Waals surface area contributed by atoms with E-state index in [0.29, 0.717) is 11.3 Å². The molecule has 4 rings (SSSR count). The molecule has 3 heterocycles. The van der Waals surface area contributed by atoms with Crippen LogP contribution in [0.2, 0.25) is 0 Å². The molecule has 1 N–H and O–H groups in total. The first kappa shape index (κ1) is 15.2. The van der Waals surface area contributed by atoms with Crippen LogP contribution in [0, 0.1) is 0 Å². The number of aryl methyl sites for hydroxylation is 1. The van der Waals surface area contributed by atoms with Crippen LogP contribution in [0.4, 0.5) is 5.69 Å². The van der Waals surface area contributed by atoms with E-state index in [0.717, 1.165) is 22.2 Å². The Morgan fingerprint density at radius 2 is 1.88 bits per heavy atom. The first-order valence-corrected chi connectivity index (χ1v) is 8.09. The highest BCUT2D eigenvalue weighted by Gasteiger charge is 2.17. The van der Waals surface area contributed by atoms with Gasteiger partial charge in [-0.3, -0.25) is 9.36 Å². The van der Waals surface area contributed by atoms with Crippen molar-refractivity contribution in [3.05, 3.63) is 72.8 Å². The third kappa shape index (κ3) is 2.59. The average Bonchev–Trinajstić information content (AvgIpc) is 3.25. The lowest BCUT2D eigenvalue weighted by atomic mass is 10.1. The van der Waals surface area contributed by atoms with Gasteiger partial charge in [-0.25, -0.2) is 4.98 Å². The van der Waals surface area contributed by atoms with E-state index < -0.39 is 0 Å². The number of hydrogen-bond donors (Lipinski definition) is 1. The summed E-state index contributed by atoms with van der Waals surface area (Å²) in [6.07, 6.45) is 5.45. The Bertz CT molecular complexity index is 1060. The smallest absolute Gasteiger partial charge is 0.280 e. The zero-order chi connectivity index (χ0) is 17.4. The summed E-state index contributed by atoms with van der Waals surface area (Å²) in [4.78, 5) is 17.3. The van der Waals surface area contributed by atoms with Crippen LogP contribution in [0.15, 0.2) is 67.1 Å². The molecule has 5 heteroatoms. The highest BCUT2D eigenvalue weighted by molar-refractivity contribution is 6.01. The minimum absolute atomic E-state index is 0.0886. The maximum Gasteiger partial charge on any atom is 0.280 e. The van der Waals surface area contributed by atoms with Crippen molar-refractivity contribution in [2.45, 2.75) is 0 Å². The van der Waals surface area contributed by atoms with Crippen LogP contribution >= 0.6 is 0 Å². The lowest BCUT2D eigenvalue weighted by Crippen LogP contribution is -2.14. The van der Waals surface area contributed by atoms with Crippen molar-refractivity contribution in [3.63, 3.8) is 0 Å². The maximum absolute atomic E-state index is 13.0. The summed E-state index contributed by atoms with van der Waals surface area (Å²) in [5, 5.41) is 4.06. The van der Waals surface area contributed by atoms with Crippen molar-refractivity contribution in [2.75, 3.05) is 12.4 Å². The fraction of sp³-hybridized carbons (Fsp3) is 0.100. The predicted molar refractivity (Wildman–Crippen MR) is 99.9 cm³/mol. The van der Waals surface area contributed by atoms with Gasteiger partial charge in [0, 0.05) is 49.3 Å². The minimum Gasteiger partial charge on any atom is -0.388 e. The fourth-order valence-electron chi connectivity index (χ4n) is 3.02. The average molecular weight is 330 g/mol. The monoisotopic (exact) mass is 330 g/mol. The third-order valence-electron chi connectivity index (χ3n) is 4.40. The van der Waals surface area contributed by atoms with Crippen molar-refractivity contribution in [3.8, 4) is 11.1 Å². The Balaban J connectivity index is 1.73. The molecule has 0 spiro atoms. The second kappa shape index (κ2) is 5.94. The molecule has 0 saturated heterocycles. The van der Waals surface area contributed by atoms with Crippen LogP contribution in [-0.2, 0) is 7.05 Å². The van der Waals surface area contributed by atoms with Gasteiger partial charge >= 0.3 is 0 Å². The summed E-state index contributed by atoms with van der Waals surface area (Å²) >= 11 is 0. The Labute approximate surface area is 145 Å². The first-order valence-electron chi connectivity index (χ1n) is 8.09. The standard InChI is InChI=1S/C20H18N4O/c1-21-17-7-5-14(6-8-17)16-12-18(23(2)13-16)20(25)24-11-9-15-4-3-10-22-19(15)24/h3-13,21H,1-2H3. The summed E-state index contributed by atoms with van der Waals surface area (Å²) in [6.45, 7) is 0. The molecule has 0 fully saturated rings. The first-order chi connectivity index (χ1) is 12.2. The van der Waals surface area contributed by atoms with Gasteiger partial charge in [0.1, 0.15) is 11.3 Å². The Morgan fingerprint density at radius 1 is 1.08 bits per heavy atom. The number of aromatic nitrogens is 3. The van der Waals surface area contributed by atoms with Gasteiger partial charge in [0.2, 0.25) is 0 Å². The minimum atomic E-state index is -0.0886. The molecule has 124 valence electrons. The third-order valence-corrected chi connectivity index (χ3v) is 4.40. The second-order valence-corrected chi connectivity index (χ2v) is 5.96. The topological polar surface area (TPSA) is 51.9 Å². The Morgan fingerprint density at radius 3 is 2.64 bits per heavy atom. The Hall–Kier alpha value is -3.34. The normalized spacial score (nSPS) is 11.0. The van der Waals surface area contributed by atoms with E-state index >= 15 is 0 Å². The van der Waals surface area contributed by atoms with Crippen LogP contribution in [0.5, 0.6) is 0 Å². The van der Waals surface area contributed by atoms with Gasteiger partial charge in [-0.1, -0.05) is 12.1 Å². The zero-order valence-electron chi connectivity index (χ0n) is 14.1. The fourth-order valence-corrected chi connectivity index (χ4v) is 3.02. The number of fused-ring (bicyclic) bond motifs is 1. The lowest BCUT2D eigenvalue weighted by molar-refractivity contribution is 0.0956. The summed E-state index contributed by atoms with van der Waals surface area (Å²) in [6, 6.07) is 15.8. The van der Waals surface area contributed by atoms with Gasteiger partial charge < -0.3 is 9.88 Å². The van der Waals surface area contributed by atoms with Gasteiger partial charge in [-0.05, 0) is 42.0 Å². The van der Waals surface area contributed by atoms with Gasteiger partial charge in [-0.2, -0.15) is 0 Å². The highest BCUT2D eigenvalue weighted by Crippen LogP contribution is 2.24. The molecule has 5 nitrogen and oxygen atoms in total. The van der Waals surface area contributed by atoms with Gasteiger partial charge in [0.25, 0.3) is 5.91 Å². The van der Waals surface area contributed by atoms with Gasteiger partial charge in [0.05, 0.1) is 0 Å². The van der Waals surface area contributed by atoms with Crippen LogP contribution in [0.1, 0.15) is 10.5 Å². The summed E-state index contributed by atoms with van der Waals surface area (Å²) in [5.41, 5.74) is 4.44. The van der Waals surface area contributed by atoms with Crippen LogP contribution < -0.4 is 5.32 Å². The molecule has 25 heavy (non-hydrogen) atoms. The molecular formula is C20H18N4O. The number of carbonyl (C=O) groups is 1. The Kier molecular flexibility index (Phi) is 3.61. The van der Waals surface area contributed by atoms with Gasteiger partial charge in [0.15, 0.2) is 0 Å². The molecule has 0 atom stereocenters. The second-order valence-electron chi connectivity index (χ2n) is 5.96. The summed E-state index contributed by atoms with van der Waals surface area (Å²) < 4.78 is 3.46. The number of nitrogens with one attached hydrogen (secondary N) is 1. The van der Waals surface area contributed by atoms with Crippen LogP contribution in [0.3, 0.4) is 0 Å². The molecule has 0 aliphatic rings. The number of pyridine rings is 1. The van der Waals surface area contributed by atoms with Crippen molar-refractivity contribution in [2.24, 2.45) is 7.05 Å².